The summed E-state index contributed by atoms with van der Waals surface area (Å²) in [5.74, 6) is 0. The van der Waals surface area contributed by atoms with Gasteiger partial charge in [-0.25, -0.2) is 0 Å². The number of fused-ring (bicyclic) bond motifs is 6. The molecular weight excluding hydrogens is 388 g/mol. The Balaban J connectivity index is 1.40. The Hall–Kier alpha value is -3.26. The predicted molar refractivity (Wildman–Crippen MR) is 133 cm³/mol. The van der Waals surface area contributed by atoms with E-state index in [-0.39, 0.29) is 0 Å². The maximum Gasteiger partial charge on any atom is 0.0534 e. The second kappa shape index (κ2) is 7.13. The third kappa shape index (κ3) is 2.59. The van der Waals surface area contributed by atoms with Gasteiger partial charge in [0.05, 0.1) is 11.0 Å². The second-order valence-electron chi connectivity index (χ2n) is 9.49. The lowest BCUT2D eigenvalue weighted by Gasteiger charge is -2.18. The molecule has 0 unspecified atom stereocenters. The molecule has 0 amide bonds. The zero-order valence-corrected chi connectivity index (χ0v) is 18.5. The molecule has 2 heteroatoms. The Morgan fingerprint density at radius 1 is 0.438 bits per heavy atom. The first-order chi connectivity index (χ1) is 15.9. The van der Waals surface area contributed by atoms with Crippen LogP contribution in [0, 0.1) is 0 Å². The molecule has 0 spiro atoms. The van der Waals surface area contributed by atoms with Crippen LogP contribution in [0.4, 0.5) is 0 Å². The van der Waals surface area contributed by atoms with E-state index in [1.165, 1.54) is 95.9 Å². The summed E-state index contributed by atoms with van der Waals surface area (Å²) in [5.41, 5.74) is 11.5. The van der Waals surface area contributed by atoms with E-state index in [9.17, 15) is 0 Å². The SMILES string of the molecule is c1ccc2c(c1)c1c(n2-c2ccc(-n3c4c(c5ccccc53)CCCC4)cc2)CCCC1. The molecule has 2 aliphatic rings. The van der Waals surface area contributed by atoms with Crippen LogP contribution in [0.2, 0.25) is 0 Å². The molecule has 0 aliphatic heterocycles. The largest absolute Gasteiger partial charge is 0.313 e. The van der Waals surface area contributed by atoms with Crippen molar-refractivity contribution in [2.45, 2.75) is 51.4 Å². The van der Waals surface area contributed by atoms with Crippen LogP contribution in [-0.2, 0) is 25.7 Å². The van der Waals surface area contributed by atoms with Crippen LogP contribution in [0.15, 0.2) is 72.8 Å². The second-order valence-corrected chi connectivity index (χ2v) is 9.49. The summed E-state index contributed by atoms with van der Waals surface area (Å²) < 4.78 is 5.05. The molecule has 0 N–H and O–H groups in total. The number of aryl methyl sites for hydroxylation is 2. The molecule has 0 radical (unpaired) electrons. The van der Waals surface area contributed by atoms with Crippen molar-refractivity contribution in [2.24, 2.45) is 0 Å². The van der Waals surface area contributed by atoms with Crippen molar-refractivity contribution in [3.63, 3.8) is 0 Å². The first-order valence-electron chi connectivity index (χ1n) is 12.2. The molecule has 2 aliphatic carbocycles. The number of nitrogens with zero attached hydrogens (tertiary/aromatic N) is 2. The van der Waals surface area contributed by atoms with Gasteiger partial charge >= 0.3 is 0 Å². The van der Waals surface area contributed by atoms with Crippen LogP contribution in [0.5, 0.6) is 0 Å². The van der Waals surface area contributed by atoms with Gasteiger partial charge in [0.1, 0.15) is 0 Å². The Morgan fingerprint density at radius 3 is 1.31 bits per heavy atom. The number of aromatic nitrogens is 2. The summed E-state index contributed by atoms with van der Waals surface area (Å²) >= 11 is 0. The smallest absolute Gasteiger partial charge is 0.0534 e. The molecular formula is C30H28N2. The average molecular weight is 417 g/mol. The molecule has 0 saturated carbocycles. The number of benzene rings is 3. The van der Waals surface area contributed by atoms with Crippen molar-refractivity contribution in [3.8, 4) is 11.4 Å². The zero-order valence-electron chi connectivity index (χ0n) is 18.5. The van der Waals surface area contributed by atoms with Crippen molar-refractivity contribution in [1.82, 2.24) is 9.13 Å². The van der Waals surface area contributed by atoms with Gasteiger partial charge in [0.2, 0.25) is 0 Å². The molecule has 3 aromatic carbocycles. The molecule has 7 rings (SSSR count). The highest BCUT2D eigenvalue weighted by Gasteiger charge is 2.22. The van der Waals surface area contributed by atoms with Crippen LogP contribution in [0.3, 0.4) is 0 Å². The van der Waals surface area contributed by atoms with Crippen molar-refractivity contribution in [2.75, 3.05) is 0 Å². The Kier molecular flexibility index (Phi) is 4.08. The predicted octanol–water partition coefficient (Wildman–Crippen LogP) is 7.33. The lowest BCUT2D eigenvalue weighted by atomic mass is 9.95. The minimum atomic E-state index is 1.18. The molecule has 0 bridgehead atoms. The minimum absolute atomic E-state index is 1.18. The number of para-hydroxylation sites is 2. The van der Waals surface area contributed by atoms with E-state index < -0.39 is 0 Å². The quantitative estimate of drug-likeness (QED) is 0.285. The normalized spacial score (nSPS) is 15.8. The van der Waals surface area contributed by atoms with Gasteiger partial charge in [0.25, 0.3) is 0 Å². The molecule has 5 aromatic rings. The summed E-state index contributed by atoms with van der Waals surface area (Å²) in [5, 5.41) is 2.88. The van der Waals surface area contributed by atoms with Crippen LogP contribution < -0.4 is 0 Å². The van der Waals surface area contributed by atoms with Gasteiger partial charge in [-0.15, -0.1) is 0 Å². The van der Waals surface area contributed by atoms with Gasteiger partial charge in [-0.3, -0.25) is 0 Å². The maximum atomic E-state index is 2.52. The van der Waals surface area contributed by atoms with Gasteiger partial charge in [0.15, 0.2) is 0 Å². The zero-order chi connectivity index (χ0) is 21.1. The lowest BCUT2D eigenvalue weighted by Crippen LogP contribution is -2.08. The van der Waals surface area contributed by atoms with Crippen LogP contribution in [0.25, 0.3) is 33.2 Å². The standard InChI is InChI=1S/C30H28N2/c1-5-13-27-23(9-1)24-10-2-6-14-28(24)31(27)21-17-19-22(20-18-21)32-29-15-7-3-11-25(29)26-12-4-8-16-30(26)32/h1,3,5,7,9,11,13,15,17-20H,2,4,6,8,10,12,14,16H2. The Labute approximate surface area is 189 Å². The highest BCUT2D eigenvalue weighted by Crippen LogP contribution is 2.37. The summed E-state index contributed by atoms with van der Waals surface area (Å²) in [7, 11) is 0. The molecule has 32 heavy (non-hydrogen) atoms. The lowest BCUT2D eigenvalue weighted by molar-refractivity contribution is 0.665. The van der Waals surface area contributed by atoms with Gasteiger partial charge in [-0.2, -0.15) is 0 Å². The van der Waals surface area contributed by atoms with E-state index in [4.69, 9.17) is 0 Å². The first-order valence-corrected chi connectivity index (χ1v) is 12.2. The van der Waals surface area contributed by atoms with E-state index in [1.54, 1.807) is 11.1 Å². The summed E-state index contributed by atoms with van der Waals surface area (Å²) in [6, 6.07) is 27.3. The highest BCUT2D eigenvalue weighted by molar-refractivity contribution is 5.89. The minimum Gasteiger partial charge on any atom is -0.313 e. The van der Waals surface area contributed by atoms with Crippen molar-refractivity contribution in [1.29, 1.82) is 0 Å². The summed E-state index contributed by atoms with van der Waals surface area (Å²) in [4.78, 5) is 0. The van der Waals surface area contributed by atoms with Gasteiger partial charge in [-0.05, 0) is 98.9 Å². The summed E-state index contributed by atoms with van der Waals surface area (Å²) in [6.07, 6.45) is 10.00. The van der Waals surface area contributed by atoms with Gasteiger partial charge < -0.3 is 9.13 Å². The molecule has 2 nitrogen and oxygen atoms in total. The van der Waals surface area contributed by atoms with E-state index >= 15 is 0 Å². The Morgan fingerprint density at radius 2 is 0.844 bits per heavy atom. The molecule has 0 atom stereocenters. The monoisotopic (exact) mass is 416 g/mol. The average Bonchev–Trinajstić information content (AvgIpc) is 3.38. The van der Waals surface area contributed by atoms with Crippen molar-refractivity contribution in [3.05, 3.63) is 95.3 Å². The third-order valence-electron chi connectivity index (χ3n) is 7.72. The molecule has 158 valence electrons. The fourth-order valence-electron chi connectivity index (χ4n) is 6.33. The van der Waals surface area contributed by atoms with E-state index in [0.29, 0.717) is 0 Å². The van der Waals surface area contributed by atoms with E-state index in [0.717, 1.165) is 0 Å². The number of hydrogen-bond acceptors (Lipinski definition) is 0. The molecule has 2 aromatic heterocycles. The highest BCUT2D eigenvalue weighted by atomic mass is 15.0. The van der Waals surface area contributed by atoms with Gasteiger partial charge in [-0.1, -0.05) is 36.4 Å². The maximum absolute atomic E-state index is 2.52. The van der Waals surface area contributed by atoms with Crippen molar-refractivity contribution < 1.29 is 0 Å². The first kappa shape index (κ1) is 18.3. The molecule has 0 saturated heterocycles. The van der Waals surface area contributed by atoms with Crippen LogP contribution in [0.1, 0.15) is 48.2 Å². The van der Waals surface area contributed by atoms with Crippen LogP contribution >= 0.6 is 0 Å². The van der Waals surface area contributed by atoms with E-state index in [2.05, 4.69) is 81.9 Å². The van der Waals surface area contributed by atoms with E-state index in [1.807, 2.05) is 0 Å². The van der Waals surface area contributed by atoms with Crippen LogP contribution in [-0.4, -0.2) is 9.13 Å². The topological polar surface area (TPSA) is 9.86 Å². The Bertz CT molecular complexity index is 1350. The third-order valence-corrected chi connectivity index (χ3v) is 7.72. The fraction of sp³-hybridized carbons (Fsp3) is 0.267. The number of rotatable bonds is 2. The fourth-order valence-corrected chi connectivity index (χ4v) is 6.33. The molecule has 0 fully saturated rings. The van der Waals surface area contributed by atoms with Crippen molar-refractivity contribution >= 4 is 21.8 Å². The van der Waals surface area contributed by atoms with Gasteiger partial charge in [0, 0.05) is 33.5 Å². The molecule has 2 heterocycles. The number of hydrogen-bond donors (Lipinski definition) is 0. The summed E-state index contributed by atoms with van der Waals surface area (Å²) in [6.45, 7) is 0.